The van der Waals surface area contributed by atoms with E-state index in [1.807, 2.05) is 18.2 Å². The van der Waals surface area contributed by atoms with Gasteiger partial charge in [-0.15, -0.1) is 0 Å². The second kappa shape index (κ2) is 3.86. The van der Waals surface area contributed by atoms with Crippen molar-refractivity contribution in [1.82, 2.24) is 0 Å². The number of rotatable bonds is 3. The first-order valence-electron chi connectivity index (χ1n) is 5.77. The van der Waals surface area contributed by atoms with Gasteiger partial charge in [-0.2, -0.15) is 0 Å². The van der Waals surface area contributed by atoms with Gasteiger partial charge in [0, 0.05) is 5.69 Å². The molecule has 3 N–H and O–H groups in total. The van der Waals surface area contributed by atoms with Gasteiger partial charge in [0.25, 0.3) is 0 Å². The van der Waals surface area contributed by atoms with E-state index in [0.717, 1.165) is 43.4 Å². The van der Waals surface area contributed by atoms with Gasteiger partial charge in [0.15, 0.2) is 0 Å². The van der Waals surface area contributed by atoms with Gasteiger partial charge in [-0.3, -0.25) is 0 Å². The molecule has 1 aliphatic carbocycles. The maximum Gasteiger partial charge on any atom is 0.0902 e. The normalized spacial score (nSPS) is 24.1. The third-order valence-electron chi connectivity index (χ3n) is 3.38. The molecule has 0 saturated carbocycles. The molecule has 0 amide bonds. The van der Waals surface area contributed by atoms with E-state index in [9.17, 15) is 5.11 Å². The van der Waals surface area contributed by atoms with Crippen molar-refractivity contribution in [2.24, 2.45) is 0 Å². The largest absolute Gasteiger partial charge is 0.399 e. The van der Waals surface area contributed by atoms with E-state index in [1.165, 1.54) is 5.56 Å². The summed E-state index contributed by atoms with van der Waals surface area (Å²) in [4.78, 5) is 0. The topological polar surface area (TPSA) is 46.2 Å². The van der Waals surface area contributed by atoms with E-state index < -0.39 is 5.60 Å². The lowest BCUT2D eigenvalue weighted by Gasteiger charge is -2.23. The van der Waals surface area contributed by atoms with E-state index >= 15 is 0 Å². The van der Waals surface area contributed by atoms with Crippen LogP contribution in [0.5, 0.6) is 0 Å². The Bertz CT molecular complexity index is 362. The number of unbranched alkanes of at least 4 members (excludes halogenated alkanes) is 1. The number of anilines is 1. The molecular weight excluding hydrogens is 186 g/mol. The Labute approximate surface area is 91.1 Å². The SMILES string of the molecule is CCCCC1(O)CCc2cc(N)ccc21. The zero-order chi connectivity index (χ0) is 10.9. The average molecular weight is 205 g/mol. The average Bonchev–Trinajstić information content (AvgIpc) is 2.54. The zero-order valence-corrected chi connectivity index (χ0v) is 9.29. The van der Waals surface area contributed by atoms with Gasteiger partial charge >= 0.3 is 0 Å². The van der Waals surface area contributed by atoms with Gasteiger partial charge in [-0.1, -0.05) is 25.8 Å². The van der Waals surface area contributed by atoms with Gasteiger partial charge in [-0.05, 0) is 42.5 Å². The number of fused-ring (bicyclic) bond motifs is 1. The van der Waals surface area contributed by atoms with Gasteiger partial charge in [0.2, 0.25) is 0 Å². The van der Waals surface area contributed by atoms with Crippen LogP contribution in [0.1, 0.15) is 43.7 Å². The molecule has 0 bridgehead atoms. The molecule has 0 aliphatic heterocycles. The maximum absolute atomic E-state index is 10.5. The highest BCUT2D eigenvalue weighted by atomic mass is 16.3. The van der Waals surface area contributed by atoms with Crippen LogP contribution in [0.3, 0.4) is 0 Å². The Balaban J connectivity index is 2.27. The monoisotopic (exact) mass is 205 g/mol. The Kier molecular flexibility index (Phi) is 2.70. The molecule has 1 aromatic rings. The van der Waals surface area contributed by atoms with Crippen LogP contribution in [0.4, 0.5) is 5.69 Å². The maximum atomic E-state index is 10.5. The Morgan fingerprint density at radius 2 is 2.27 bits per heavy atom. The van der Waals surface area contributed by atoms with E-state index in [-0.39, 0.29) is 0 Å². The quantitative estimate of drug-likeness (QED) is 0.745. The van der Waals surface area contributed by atoms with Crippen molar-refractivity contribution in [3.8, 4) is 0 Å². The standard InChI is InChI=1S/C13H19NO/c1-2-3-7-13(15)8-6-10-9-11(14)4-5-12(10)13/h4-5,9,15H,2-3,6-8,14H2,1H3. The fraction of sp³-hybridized carbons (Fsp3) is 0.538. The highest BCUT2D eigenvalue weighted by Crippen LogP contribution is 2.40. The van der Waals surface area contributed by atoms with Crippen molar-refractivity contribution in [1.29, 1.82) is 0 Å². The highest BCUT2D eigenvalue weighted by molar-refractivity contribution is 5.48. The lowest BCUT2D eigenvalue weighted by Crippen LogP contribution is -2.21. The lowest BCUT2D eigenvalue weighted by molar-refractivity contribution is 0.0272. The predicted molar refractivity (Wildman–Crippen MR) is 62.6 cm³/mol. The van der Waals surface area contributed by atoms with E-state index in [4.69, 9.17) is 5.73 Å². The Morgan fingerprint density at radius 3 is 3.00 bits per heavy atom. The van der Waals surface area contributed by atoms with Crippen LogP contribution < -0.4 is 5.73 Å². The summed E-state index contributed by atoms with van der Waals surface area (Å²) in [7, 11) is 0. The summed E-state index contributed by atoms with van der Waals surface area (Å²) in [5, 5.41) is 10.5. The summed E-state index contributed by atoms with van der Waals surface area (Å²) in [5.41, 5.74) is 8.29. The van der Waals surface area contributed by atoms with Crippen LogP contribution in [0.2, 0.25) is 0 Å². The molecule has 0 heterocycles. The van der Waals surface area contributed by atoms with Gasteiger partial charge in [0.1, 0.15) is 0 Å². The van der Waals surface area contributed by atoms with Gasteiger partial charge < -0.3 is 10.8 Å². The third kappa shape index (κ3) is 1.86. The lowest BCUT2D eigenvalue weighted by atomic mass is 9.90. The summed E-state index contributed by atoms with van der Waals surface area (Å²) in [6.45, 7) is 2.15. The van der Waals surface area contributed by atoms with Crippen LogP contribution in [0, 0.1) is 0 Å². The Morgan fingerprint density at radius 1 is 1.47 bits per heavy atom. The van der Waals surface area contributed by atoms with E-state index in [1.54, 1.807) is 0 Å². The fourth-order valence-electron chi connectivity index (χ4n) is 2.48. The minimum Gasteiger partial charge on any atom is -0.399 e. The van der Waals surface area contributed by atoms with Crippen molar-refractivity contribution in [3.05, 3.63) is 29.3 Å². The first-order chi connectivity index (χ1) is 7.15. The number of aryl methyl sites for hydroxylation is 1. The van der Waals surface area contributed by atoms with Crippen LogP contribution in [0.15, 0.2) is 18.2 Å². The predicted octanol–water partition coefficient (Wildman–Crippen LogP) is 2.59. The smallest absolute Gasteiger partial charge is 0.0902 e. The molecule has 1 atom stereocenters. The van der Waals surface area contributed by atoms with E-state index in [0.29, 0.717) is 0 Å². The minimum absolute atomic E-state index is 0.584. The summed E-state index contributed by atoms with van der Waals surface area (Å²) in [5.74, 6) is 0. The molecule has 1 unspecified atom stereocenters. The number of nitrogen functional groups attached to an aromatic ring is 1. The van der Waals surface area contributed by atoms with Crippen molar-refractivity contribution >= 4 is 5.69 Å². The summed E-state index contributed by atoms with van der Waals surface area (Å²) in [6.07, 6.45) is 4.90. The second-order valence-electron chi connectivity index (χ2n) is 4.55. The molecule has 1 aliphatic rings. The van der Waals surface area contributed by atoms with Crippen molar-refractivity contribution in [3.63, 3.8) is 0 Å². The number of nitrogens with two attached hydrogens (primary N) is 1. The molecule has 0 saturated heterocycles. The molecule has 2 rings (SSSR count). The number of hydrogen-bond acceptors (Lipinski definition) is 2. The van der Waals surface area contributed by atoms with Crippen LogP contribution in [0.25, 0.3) is 0 Å². The van der Waals surface area contributed by atoms with Crippen LogP contribution in [-0.2, 0) is 12.0 Å². The highest BCUT2D eigenvalue weighted by Gasteiger charge is 2.35. The first kappa shape index (κ1) is 10.5. The third-order valence-corrected chi connectivity index (χ3v) is 3.38. The second-order valence-corrected chi connectivity index (χ2v) is 4.55. The first-order valence-corrected chi connectivity index (χ1v) is 5.77. The molecule has 2 nitrogen and oxygen atoms in total. The van der Waals surface area contributed by atoms with Crippen LogP contribution in [-0.4, -0.2) is 5.11 Å². The molecule has 2 heteroatoms. The van der Waals surface area contributed by atoms with Gasteiger partial charge in [0.05, 0.1) is 5.60 Å². The number of hydrogen-bond donors (Lipinski definition) is 2. The summed E-state index contributed by atoms with van der Waals surface area (Å²) >= 11 is 0. The minimum atomic E-state index is -0.584. The molecule has 1 aromatic carbocycles. The van der Waals surface area contributed by atoms with Crippen LogP contribution >= 0.6 is 0 Å². The fourth-order valence-corrected chi connectivity index (χ4v) is 2.48. The molecule has 15 heavy (non-hydrogen) atoms. The zero-order valence-electron chi connectivity index (χ0n) is 9.29. The number of aliphatic hydroxyl groups is 1. The summed E-state index contributed by atoms with van der Waals surface area (Å²) < 4.78 is 0. The van der Waals surface area contributed by atoms with Crippen molar-refractivity contribution in [2.45, 2.75) is 44.6 Å². The molecule has 0 spiro atoms. The molecular formula is C13H19NO. The number of benzene rings is 1. The molecule has 0 fully saturated rings. The Hall–Kier alpha value is -1.02. The molecule has 0 aromatic heterocycles. The van der Waals surface area contributed by atoms with Gasteiger partial charge in [-0.25, -0.2) is 0 Å². The molecule has 82 valence electrons. The molecule has 0 radical (unpaired) electrons. The van der Waals surface area contributed by atoms with E-state index in [2.05, 4.69) is 6.92 Å². The van der Waals surface area contributed by atoms with Crippen molar-refractivity contribution in [2.75, 3.05) is 5.73 Å². The van der Waals surface area contributed by atoms with Crippen molar-refractivity contribution < 1.29 is 5.11 Å². The summed E-state index contributed by atoms with van der Waals surface area (Å²) in [6, 6.07) is 5.88.